The number of hydrogen-bond acceptors (Lipinski definition) is 7. The number of aromatic nitrogens is 1. The number of likely N-dealkylation sites (tertiary alicyclic amines) is 1. The Morgan fingerprint density at radius 2 is 1.97 bits per heavy atom. The zero-order valence-corrected chi connectivity index (χ0v) is 21.5. The summed E-state index contributed by atoms with van der Waals surface area (Å²) < 4.78 is 26.6. The van der Waals surface area contributed by atoms with Crippen molar-refractivity contribution in [2.45, 2.75) is 51.1 Å². The Morgan fingerprint density at radius 1 is 1.17 bits per heavy atom. The molecule has 0 saturated carbocycles. The number of carbonyl (C=O) groups is 2. The Bertz CT molecular complexity index is 1220. The molecule has 2 amide bonds. The molecule has 2 unspecified atom stereocenters. The van der Waals surface area contributed by atoms with Crippen LogP contribution in [0.1, 0.15) is 69.6 Å². The number of nitrogens with zero attached hydrogens (tertiary/aromatic N) is 3. The molecule has 3 saturated heterocycles. The van der Waals surface area contributed by atoms with E-state index in [9.17, 15) is 18.0 Å². The molecule has 3 aliphatic heterocycles. The Labute approximate surface area is 210 Å². The molecule has 5 rings (SSSR count). The average Bonchev–Trinajstić information content (AvgIpc) is 3.53. The van der Waals surface area contributed by atoms with E-state index < -0.39 is 10.0 Å². The standard InChI is InChI=1S/C24H31N5O4S2/c1-16-15-34-23(27-16)21-4-2-9-28(21)24(31)18-12-17(22(30)26-8-6-19-5-7-25-19)13-20(14-18)29-10-3-11-35(29,32)33/h12-15,19,21,25H,2-11H2,1H3,(H,26,30). The smallest absolute Gasteiger partial charge is 0.254 e. The molecule has 3 fully saturated rings. The Hall–Kier alpha value is -2.50. The van der Waals surface area contributed by atoms with E-state index in [0.29, 0.717) is 48.9 Å². The van der Waals surface area contributed by atoms with Gasteiger partial charge in [0.05, 0.1) is 17.5 Å². The summed E-state index contributed by atoms with van der Waals surface area (Å²) in [5, 5.41) is 9.13. The first-order valence-electron chi connectivity index (χ1n) is 12.2. The van der Waals surface area contributed by atoms with Gasteiger partial charge in [-0.1, -0.05) is 0 Å². The van der Waals surface area contributed by atoms with Gasteiger partial charge in [-0.15, -0.1) is 11.3 Å². The fraction of sp³-hybridized carbons (Fsp3) is 0.542. The first-order chi connectivity index (χ1) is 16.8. The number of benzene rings is 1. The van der Waals surface area contributed by atoms with Gasteiger partial charge in [0.1, 0.15) is 5.01 Å². The van der Waals surface area contributed by atoms with E-state index in [1.54, 1.807) is 34.4 Å². The van der Waals surface area contributed by atoms with Crippen LogP contribution in [0.5, 0.6) is 0 Å². The molecule has 0 spiro atoms. The van der Waals surface area contributed by atoms with Gasteiger partial charge < -0.3 is 15.5 Å². The summed E-state index contributed by atoms with van der Waals surface area (Å²) in [4.78, 5) is 33.1. The molecule has 2 atom stereocenters. The normalized spacial score (nSPS) is 23.3. The molecule has 2 N–H and O–H groups in total. The van der Waals surface area contributed by atoms with Crippen molar-refractivity contribution in [3.05, 3.63) is 45.4 Å². The molecule has 1 aromatic carbocycles. The predicted molar refractivity (Wildman–Crippen MR) is 135 cm³/mol. The van der Waals surface area contributed by atoms with Crippen molar-refractivity contribution in [3.63, 3.8) is 0 Å². The highest BCUT2D eigenvalue weighted by molar-refractivity contribution is 7.93. The fourth-order valence-corrected chi connectivity index (χ4v) is 7.44. The maximum atomic E-state index is 13.7. The van der Waals surface area contributed by atoms with Crippen LogP contribution >= 0.6 is 11.3 Å². The number of carbonyl (C=O) groups excluding carboxylic acids is 2. The van der Waals surface area contributed by atoms with Crippen molar-refractivity contribution in [2.75, 3.05) is 36.2 Å². The van der Waals surface area contributed by atoms with Gasteiger partial charge >= 0.3 is 0 Å². The second-order valence-electron chi connectivity index (χ2n) is 9.48. The van der Waals surface area contributed by atoms with Gasteiger partial charge in [-0.05, 0) is 63.8 Å². The van der Waals surface area contributed by atoms with Gasteiger partial charge in [-0.2, -0.15) is 0 Å². The molecule has 11 heteroatoms. The quantitative estimate of drug-likeness (QED) is 0.584. The van der Waals surface area contributed by atoms with E-state index in [2.05, 4.69) is 15.6 Å². The van der Waals surface area contributed by atoms with Crippen molar-refractivity contribution in [3.8, 4) is 0 Å². The lowest BCUT2D eigenvalue weighted by Gasteiger charge is -2.27. The number of thiazole rings is 1. The summed E-state index contributed by atoms with van der Waals surface area (Å²) >= 11 is 1.55. The number of sulfonamides is 1. The highest BCUT2D eigenvalue weighted by Crippen LogP contribution is 2.36. The van der Waals surface area contributed by atoms with Crippen molar-refractivity contribution in [1.82, 2.24) is 20.5 Å². The van der Waals surface area contributed by atoms with Crippen LogP contribution in [0.15, 0.2) is 23.6 Å². The lowest BCUT2D eigenvalue weighted by atomic mass is 10.0. The van der Waals surface area contributed by atoms with E-state index in [4.69, 9.17) is 0 Å². The van der Waals surface area contributed by atoms with Crippen molar-refractivity contribution < 1.29 is 18.0 Å². The SMILES string of the molecule is Cc1csc(C2CCCN2C(=O)c2cc(C(=O)NCCC3CCN3)cc(N3CCCS3(=O)=O)c2)n1. The molecule has 188 valence electrons. The van der Waals surface area contributed by atoms with Crippen molar-refractivity contribution in [1.29, 1.82) is 0 Å². The molecular weight excluding hydrogens is 486 g/mol. The Kier molecular flexibility index (Phi) is 6.82. The molecule has 1 aromatic heterocycles. The zero-order valence-electron chi connectivity index (χ0n) is 19.8. The summed E-state index contributed by atoms with van der Waals surface area (Å²) in [7, 11) is -3.46. The van der Waals surface area contributed by atoms with E-state index in [1.807, 2.05) is 12.3 Å². The number of rotatable bonds is 7. The molecule has 9 nitrogen and oxygen atoms in total. The summed E-state index contributed by atoms with van der Waals surface area (Å²) in [5.41, 5.74) is 1.94. The third kappa shape index (κ3) is 5.07. The third-order valence-corrected chi connectivity index (χ3v) is 9.89. The molecule has 35 heavy (non-hydrogen) atoms. The van der Waals surface area contributed by atoms with Crippen LogP contribution in [-0.4, -0.2) is 68.1 Å². The van der Waals surface area contributed by atoms with Crippen LogP contribution in [0.3, 0.4) is 0 Å². The molecule has 3 aliphatic rings. The molecule has 2 aromatic rings. The molecule has 0 aliphatic carbocycles. The second-order valence-corrected chi connectivity index (χ2v) is 12.4. The fourth-order valence-electron chi connectivity index (χ4n) is 4.95. The van der Waals surface area contributed by atoms with Crippen LogP contribution in [0.4, 0.5) is 5.69 Å². The largest absolute Gasteiger partial charge is 0.352 e. The lowest BCUT2D eigenvalue weighted by Crippen LogP contribution is -2.44. The van der Waals surface area contributed by atoms with Gasteiger partial charge in [-0.25, -0.2) is 13.4 Å². The van der Waals surface area contributed by atoms with Gasteiger partial charge in [0.15, 0.2) is 0 Å². The van der Waals surface area contributed by atoms with Crippen LogP contribution in [0.2, 0.25) is 0 Å². The monoisotopic (exact) mass is 517 g/mol. The average molecular weight is 518 g/mol. The third-order valence-electron chi connectivity index (χ3n) is 6.95. The summed E-state index contributed by atoms with van der Waals surface area (Å²) in [6.07, 6.45) is 4.17. The maximum Gasteiger partial charge on any atom is 0.254 e. The highest BCUT2D eigenvalue weighted by Gasteiger charge is 2.34. The second kappa shape index (κ2) is 9.87. The number of amides is 2. The van der Waals surface area contributed by atoms with Crippen LogP contribution in [0.25, 0.3) is 0 Å². The minimum atomic E-state index is -3.46. The molecule has 4 heterocycles. The molecule has 0 bridgehead atoms. The Balaban J connectivity index is 1.43. The van der Waals surface area contributed by atoms with Crippen molar-refractivity contribution >= 4 is 38.9 Å². The van der Waals surface area contributed by atoms with Gasteiger partial charge in [0.2, 0.25) is 10.0 Å². The molecular formula is C24H31N5O4S2. The minimum absolute atomic E-state index is 0.0681. The van der Waals surface area contributed by atoms with E-state index in [-0.39, 0.29) is 23.6 Å². The van der Waals surface area contributed by atoms with Crippen LogP contribution in [0, 0.1) is 6.92 Å². The lowest BCUT2D eigenvalue weighted by molar-refractivity contribution is 0.0735. The van der Waals surface area contributed by atoms with Gasteiger partial charge in [0, 0.05) is 47.9 Å². The first kappa shape index (κ1) is 24.2. The zero-order chi connectivity index (χ0) is 24.6. The van der Waals surface area contributed by atoms with E-state index in [0.717, 1.165) is 42.9 Å². The highest BCUT2D eigenvalue weighted by atomic mass is 32.2. The number of anilines is 1. The number of nitrogens with one attached hydrogen (secondary N) is 2. The van der Waals surface area contributed by atoms with Crippen molar-refractivity contribution in [2.24, 2.45) is 0 Å². The molecule has 0 radical (unpaired) electrons. The summed E-state index contributed by atoms with van der Waals surface area (Å²) in [5.74, 6) is -0.435. The maximum absolute atomic E-state index is 13.7. The van der Waals surface area contributed by atoms with Crippen LogP contribution < -0.4 is 14.9 Å². The van der Waals surface area contributed by atoms with E-state index >= 15 is 0 Å². The topological polar surface area (TPSA) is 112 Å². The first-order valence-corrected chi connectivity index (χ1v) is 14.7. The van der Waals surface area contributed by atoms with Gasteiger partial charge in [0.25, 0.3) is 11.8 Å². The summed E-state index contributed by atoms with van der Waals surface area (Å²) in [6.45, 7) is 4.41. The van der Waals surface area contributed by atoms with E-state index in [1.165, 1.54) is 4.31 Å². The summed E-state index contributed by atoms with van der Waals surface area (Å²) in [6, 6.07) is 5.11. The number of hydrogen-bond donors (Lipinski definition) is 2. The van der Waals surface area contributed by atoms with Gasteiger partial charge in [-0.3, -0.25) is 13.9 Å². The Morgan fingerprint density at radius 3 is 2.63 bits per heavy atom. The minimum Gasteiger partial charge on any atom is -0.352 e. The van der Waals surface area contributed by atoms with Crippen LogP contribution in [-0.2, 0) is 10.0 Å². The predicted octanol–water partition coefficient (Wildman–Crippen LogP) is 2.45. The number of aryl methyl sites for hydroxylation is 1.